The van der Waals surface area contributed by atoms with E-state index in [1.165, 1.54) is 0 Å². The fraction of sp³-hybridized carbons (Fsp3) is 0.562. The number of likely N-dealkylation sites (tertiary alicyclic amines) is 1. The third kappa shape index (κ3) is 4.99. The van der Waals surface area contributed by atoms with Crippen LogP contribution in [0.5, 0.6) is 0 Å². The van der Waals surface area contributed by atoms with Crippen molar-refractivity contribution in [3.63, 3.8) is 0 Å². The molecule has 1 aliphatic heterocycles. The van der Waals surface area contributed by atoms with Gasteiger partial charge in [0.25, 0.3) is 0 Å². The van der Waals surface area contributed by atoms with Gasteiger partial charge in [-0.05, 0) is 63.4 Å². The highest BCUT2D eigenvalue weighted by Crippen LogP contribution is 2.22. The first-order chi connectivity index (χ1) is 9.85. The Morgan fingerprint density at radius 2 is 2.19 bits per heavy atom. The molecule has 2 N–H and O–H groups in total. The number of hydrogen-bond donors (Lipinski definition) is 2. The maximum atomic E-state index is 12.1. The third-order valence-electron chi connectivity index (χ3n) is 3.99. The molecule has 21 heavy (non-hydrogen) atoms. The Kier molecular flexibility index (Phi) is 5.25. The number of aryl methyl sites for hydroxylation is 1. The van der Waals surface area contributed by atoms with Crippen LogP contribution in [0.4, 0.5) is 5.69 Å². The highest BCUT2D eigenvalue weighted by atomic mass is 35.5. The lowest BCUT2D eigenvalue weighted by molar-refractivity contribution is -0.117. The Morgan fingerprint density at radius 1 is 1.43 bits per heavy atom. The first-order valence-electron chi connectivity index (χ1n) is 7.36. The molecule has 2 rings (SSSR count). The molecule has 4 nitrogen and oxygen atoms in total. The van der Waals surface area contributed by atoms with Gasteiger partial charge < -0.3 is 10.4 Å². The Labute approximate surface area is 131 Å². The van der Waals surface area contributed by atoms with E-state index in [0.717, 1.165) is 37.2 Å². The van der Waals surface area contributed by atoms with E-state index in [1.54, 1.807) is 6.07 Å². The van der Waals surface area contributed by atoms with E-state index in [9.17, 15) is 9.90 Å². The molecular formula is C16H23ClN2O2. The zero-order chi connectivity index (χ0) is 15.5. The number of carbonyl (C=O) groups excluding carboxylic acids is 1. The monoisotopic (exact) mass is 310 g/mol. The van der Waals surface area contributed by atoms with E-state index in [1.807, 2.05) is 26.0 Å². The summed E-state index contributed by atoms with van der Waals surface area (Å²) in [6.45, 7) is 5.75. The quantitative estimate of drug-likeness (QED) is 0.902. The van der Waals surface area contributed by atoms with Crippen LogP contribution in [-0.2, 0) is 4.79 Å². The van der Waals surface area contributed by atoms with Crippen molar-refractivity contribution in [2.45, 2.75) is 38.7 Å². The molecule has 1 aromatic rings. The van der Waals surface area contributed by atoms with Crippen molar-refractivity contribution in [3.05, 3.63) is 28.8 Å². The smallest absolute Gasteiger partial charge is 0.238 e. The zero-order valence-corrected chi connectivity index (χ0v) is 13.4. The van der Waals surface area contributed by atoms with Crippen LogP contribution in [0.25, 0.3) is 0 Å². The van der Waals surface area contributed by atoms with Crippen molar-refractivity contribution in [1.82, 2.24) is 4.90 Å². The lowest BCUT2D eigenvalue weighted by Gasteiger charge is -2.22. The summed E-state index contributed by atoms with van der Waals surface area (Å²) in [5.74, 6) is -0.0260. The average Bonchev–Trinajstić information content (AvgIpc) is 2.54. The number of hydrogen-bond acceptors (Lipinski definition) is 3. The molecular weight excluding hydrogens is 288 g/mol. The van der Waals surface area contributed by atoms with Gasteiger partial charge in [0.1, 0.15) is 0 Å². The topological polar surface area (TPSA) is 52.6 Å². The normalized spacial score (nSPS) is 23.6. The van der Waals surface area contributed by atoms with Gasteiger partial charge in [0.05, 0.1) is 12.1 Å². The minimum Gasteiger partial charge on any atom is -0.390 e. The number of carbonyl (C=O) groups is 1. The number of aliphatic hydroxyl groups is 1. The van der Waals surface area contributed by atoms with Gasteiger partial charge in [0.2, 0.25) is 5.91 Å². The van der Waals surface area contributed by atoms with E-state index in [4.69, 9.17) is 11.6 Å². The van der Waals surface area contributed by atoms with Crippen molar-refractivity contribution in [3.8, 4) is 0 Å². The second-order valence-electron chi connectivity index (χ2n) is 6.13. The van der Waals surface area contributed by atoms with Gasteiger partial charge in [-0.3, -0.25) is 9.69 Å². The molecule has 1 fully saturated rings. The zero-order valence-electron chi connectivity index (χ0n) is 12.7. The number of halogens is 1. The van der Waals surface area contributed by atoms with Gasteiger partial charge in [-0.15, -0.1) is 0 Å². The molecule has 1 heterocycles. The van der Waals surface area contributed by atoms with Crippen LogP contribution in [0.2, 0.25) is 5.02 Å². The standard InChI is InChI=1S/C16H23ClN2O2/c1-12-10-13(17)4-5-14(12)18-15(20)11-19-8-3-6-16(2,21)7-9-19/h4-5,10,21H,3,6-9,11H2,1-2H3,(H,18,20). The van der Waals surface area contributed by atoms with Gasteiger partial charge >= 0.3 is 0 Å². The van der Waals surface area contributed by atoms with Crippen LogP contribution >= 0.6 is 11.6 Å². The summed E-state index contributed by atoms with van der Waals surface area (Å²) >= 11 is 5.91. The van der Waals surface area contributed by atoms with Gasteiger partial charge in [-0.2, -0.15) is 0 Å². The molecule has 1 aliphatic rings. The van der Waals surface area contributed by atoms with Crippen LogP contribution in [0.15, 0.2) is 18.2 Å². The van der Waals surface area contributed by atoms with E-state index in [-0.39, 0.29) is 5.91 Å². The minimum atomic E-state index is -0.599. The molecule has 1 unspecified atom stereocenters. The maximum absolute atomic E-state index is 12.1. The van der Waals surface area contributed by atoms with E-state index in [0.29, 0.717) is 18.0 Å². The predicted octanol–water partition coefficient (Wildman–Crippen LogP) is 2.82. The van der Waals surface area contributed by atoms with Gasteiger partial charge in [0.15, 0.2) is 0 Å². The molecule has 116 valence electrons. The van der Waals surface area contributed by atoms with Crippen molar-refractivity contribution >= 4 is 23.2 Å². The molecule has 1 amide bonds. The predicted molar refractivity (Wildman–Crippen MR) is 85.7 cm³/mol. The number of benzene rings is 1. The number of amides is 1. The number of nitrogens with zero attached hydrogens (tertiary/aromatic N) is 1. The Bertz CT molecular complexity index is 517. The van der Waals surface area contributed by atoms with Gasteiger partial charge in [-0.25, -0.2) is 0 Å². The summed E-state index contributed by atoms with van der Waals surface area (Å²) in [4.78, 5) is 14.2. The Balaban J connectivity index is 1.89. The number of anilines is 1. The van der Waals surface area contributed by atoms with E-state index >= 15 is 0 Å². The molecule has 0 saturated carbocycles. The molecule has 0 radical (unpaired) electrons. The van der Waals surface area contributed by atoms with Crippen molar-refractivity contribution in [2.75, 3.05) is 25.0 Å². The molecule has 1 saturated heterocycles. The summed E-state index contributed by atoms with van der Waals surface area (Å²) in [6, 6.07) is 5.43. The Hall–Kier alpha value is -1.10. The number of nitrogens with one attached hydrogen (secondary N) is 1. The molecule has 5 heteroatoms. The fourth-order valence-corrected chi connectivity index (χ4v) is 2.86. The maximum Gasteiger partial charge on any atom is 0.238 e. The lowest BCUT2D eigenvalue weighted by Crippen LogP contribution is -2.35. The first-order valence-corrected chi connectivity index (χ1v) is 7.74. The largest absolute Gasteiger partial charge is 0.390 e. The van der Waals surface area contributed by atoms with Crippen LogP contribution in [0.1, 0.15) is 31.7 Å². The van der Waals surface area contributed by atoms with Gasteiger partial charge in [0, 0.05) is 17.3 Å². The first kappa shape index (κ1) is 16.3. The summed E-state index contributed by atoms with van der Waals surface area (Å²) in [7, 11) is 0. The number of rotatable bonds is 3. The minimum absolute atomic E-state index is 0.0260. The summed E-state index contributed by atoms with van der Waals surface area (Å²) in [6.07, 6.45) is 2.42. The second kappa shape index (κ2) is 6.77. The van der Waals surface area contributed by atoms with Crippen LogP contribution in [0, 0.1) is 6.92 Å². The highest BCUT2D eigenvalue weighted by Gasteiger charge is 2.25. The summed E-state index contributed by atoms with van der Waals surface area (Å²) < 4.78 is 0. The van der Waals surface area contributed by atoms with Crippen LogP contribution in [0.3, 0.4) is 0 Å². The van der Waals surface area contributed by atoms with Crippen LogP contribution < -0.4 is 5.32 Å². The molecule has 0 spiro atoms. The van der Waals surface area contributed by atoms with Crippen molar-refractivity contribution in [2.24, 2.45) is 0 Å². The second-order valence-corrected chi connectivity index (χ2v) is 6.57. The SMILES string of the molecule is Cc1cc(Cl)ccc1NC(=O)CN1CCCC(C)(O)CC1. The fourth-order valence-electron chi connectivity index (χ4n) is 2.64. The third-order valence-corrected chi connectivity index (χ3v) is 4.22. The van der Waals surface area contributed by atoms with Crippen LogP contribution in [-0.4, -0.2) is 41.1 Å². The van der Waals surface area contributed by atoms with E-state index < -0.39 is 5.60 Å². The van der Waals surface area contributed by atoms with E-state index in [2.05, 4.69) is 10.2 Å². The molecule has 1 aromatic carbocycles. The summed E-state index contributed by atoms with van der Waals surface area (Å²) in [5.41, 5.74) is 1.15. The molecule has 0 aliphatic carbocycles. The lowest BCUT2D eigenvalue weighted by atomic mass is 9.98. The molecule has 0 aromatic heterocycles. The van der Waals surface area contributed by atoms with Crippen molar-refractivity contribution in [1.29, 1.82) is 0 Å². The molecule has 0 bridgehead atoms. The summed E-state index contributed by atoms with van der Waals surface area (Å²) in [5, 5.41) is 13.7. The van der Waals surface area contributed by atoms with Crippen molar-refractivity contribution < 1.29 is 9.90 Å². The highest BCUT2D eigenvalue weighted by molar-refractivity contribution is 6.30. The average molecular weight is 311 g/mol. The Morgan fingerprint density at radius 3 is 2.90 bits per heavy atom. The van der Waals surface area contributed by atoms with Gasteiger partial charge in [-0.1, -0.05) is 11.6 Å². The molecule has 1 atom stereocenters.